The fraction of sp³-hybridized carbons (Fsp3) is 0.471. The highest BCUT2D eigenvalue weighted by Gasteiger charge is 2.38. The van der Waals surface area contributed by atoms with E-state index in [9.17, 15) is 23.1 Å². The van der Waals surface area contributed by atoms with E-state index in [0.29, 0.717) is 19.3 Å². The molecule has 0 heterocycles. The molecule has 0 saturated carbocycles. The van der Waals surface area contributed by atoms with Gasteiger partial charge in [-0.15, -0.1) is 0 Å². The molecule has 1 rings (SSSR count). The Labute approximate surface area is 133 Å². The molecule has 3 nitrogen and oxygen atoms in total. The van der Waals surface area contributed by atoms with Crippen LogP contribution < -0.4 is 5.32 Å². The predicted molar refractivity (Wildman–Crippen MR) is 81.6 cm³/mol. The average Bonchev–Trinajstić information content (AvgIpc) is 2.49. The van der Waals surface area contributed by atoms with Gasteiger partial charge in [-0.05, 0) is 37.0 Å². The van der Waals surface area contributed by atoms with Gasteiger partial charge < -0.3 is 10.4 Å². The van der Waals surface area contributed by atoms with Gasteiger partial charge in [0.2, 0.25) is 0 Å². The van der Waals surface area contributed by atoms with Crippen molar-refractivity contribution in [3.05, 3.63) is 35.4 Å². The summed E-state index contributed by atoms with van der Waals surface area (Å²) in [6, 6.07) is 7.29. The van der Waals surface area contributed by atoms with Crippen molar-refractivity contribution in [2.75, 3.05) is 6.54 Å². The molecule has 0 bridgehead atoms. The van der Waals surface area contributed by atoms with Crippen LogP contribution in [0.1, 0.15) is 37.3 Å². The summed E-state index contributed by atoms with van der Waals surface area (Å²) in [5.74, 6) is 3.71. The summed E-state index contributed by atoms with van der Waals surface area (Å²) < 4.78 is 36.0. The van der Waals surface area contributed by atoms with E-state index in [0.717, 1.165) is 17.5 Å². The molecule has 0 aliphatic carbocycles. The Morgan fingerprint density at radius 2 is 2.13 bits per heavy atom. The summed E-state index contributed by atoms with van der Waals surface area (Å²) in [5, 5.41) is 11.4. The van der Waals surface area contributed by atoms with E-state index >= 15 is 0 Å². The van der Waals surface area contributed by atoms with Crippen LogP contribution in [0.25, 0.3) is 0 Å². The summed E-state index contributed by atoms with van der Waals surface area (Å²) in [4.78, 5) is 10.7. The van der Waals surface area contributed by atoms with Crippen LogP contribution in [-0.4, -0.2) is 29.8 Å². The average molecular weight is 327 g/mol. The summed E-state index contributed by atoms with van der Waals surface area (Å²) in [6.45, 7) is 1.92. The number of carbonyl (C=O) groups excluding carboxylic acids is 1. The second-order valence-corrected chi connectivity index (χ2v) is 5.13. The topological polar surface area (TPSA) is 49.3 Å². The molecule has 0 radical (unpaired) electrons. The number of alkyl halides is 3. The number of aliphatic hydroxyl groups is 1. The lowest BCUT2D eigenvalue weighted by Gasteiger charge is -2.07. The Morgan fingerprint density at radius 3 is 2.78 bits per heavy atom. The van der Waals surface area contributed by atoms with Gasteiger partial charge in [0.15, 0.2) is 0 Å². The lowest BCUT2D eigenvalue weighted by atomic mass is 10.1. The molecular weight excluding hydrogens is 307 g/mol. The first-order valence-corrected chi connectivity index (χ1v) is 7.46. The molecule has 1 unspecified atom stereocenters. The maximum absolute atomic E-state index is 12.0. The number of carbonyl (C=O) groups is 1. The molecule has 1 aromatic carbocycles. The van der Waals surface area contributed by atoms with Crippen LogP contribution in [0.4, 0.5) is 13.2 Å². The van der Waals surface area contributed by atoms with Gasteiger partial charge in [-0.25, -0.2) is 0 Å². The zero-order valence-corrected chi connectivity index (χ0v) is 12.9. The van der Waals surface area contributed by atoms with Crippen molar-refractivity contribution in [2.24, 2.45) is 0 Å². The molecular formula is C17H20F3NO2. The fourth-order valence-corrected chi connectivity index (χ4v) is 1.91. The van der Waals surface area contributed by atoms with Crippen LogP contribution in [0, 0.1) is 11.8 Å². The molecule has 0 aliphatic heterocycles. The van der Waals surface area contributed by atoms with Crippen molar-refractivity contribution >= 4 is 5.91 Å². The van der Waals surface area contributed by atoms with Crippen LogP contribution >= 0.6 is 0 Å². The van der Waals surface area contributed by atoms with E-state index < -0.39 is 18.2 Å². The van der Waals surface area contributed by atoms with Crippen LogP contribution in [0.3, 0.4) is 0 Å². The van der Waals surface area contributed by atoms with E-state index in [1.165, 1.54) is 0 Å². The number of halogens is 3. The van der Waals surface area contributed by atoms with Gasteiger partial charge in [0, 0.05) is 12.1 Å². The van der Waals surface area contributed by atoms with E-state index in [2.05, 4.69) is 11.8 Å². The Hall–Kier alpha value is -2.00. The summed E-state index contributed by atoms with van der Waals surface area (Å²) in [7, 11) is 0. The van der Waals surface area contributed by atoms with Crippen molar-refractivity contribution in [2.45, 2.75) is 44.9 Å². The monoisotopic (exact) mass is 327 g/mol. The van der Waals surface area contributed by atoms with Crippen LogP contribution in [-0.2, 0) is 11.2 Å². The van der Waals surface area contributed by atoms with Gasteiger partial charge in [0.1, 0.15) is 6.10 Å². The molecule has 0 aromatic heterocycles. The molecule has 126 valence electrons. The van der Waals surface area contributed by atoms with Gasteiger partial charge in [0.05, 0.1) is 0 Å². The van der Waals surface area contributed by atoms with Gasteiger partial charge >= 0.3 is 12.1 Å². The molecule has 1 amide bonds. The second kappa shape index (κ2) is 9.21. The second-order valence-electron chi connectivity index (χ2n) is 5.13. The Balaban J connectivity index is 2.47. The van der Waals surface area contributed by atoms with Gasteiger partial charge in [-0.3, -0.25) is 4.79 Å². The molecule has 0 fully saturated rings. The highest BCUT2D eigenvalue weighted by molar-refractivity contribution is 5.81. The molecule has 0 saturated heterocycles. The zero-order valence-electron chi connectivity index (χ0n) is 12.9. The number of rotatable bonds is 6. The molecule has 23 heavy (non-hydrogen) atoms. The van der Waals surface area contributed by atoms with Crippen LogP contribution in [0.2, 0.25) is 0 Å². The third-order valence-electron chi connectivity index (χ3n) is 3.06. The zero-order chi connectivity index (χ0) is 17.3. The van der Waals surface area contributed by atoms with E-state index in [1.54, 1.807) is 12.1 Å². The van der Waals surface area contributed by atoms with Crippen molar-refractivity contribution < 1.29 is 23.1 Å². The summed E-state index contributed by atoms with van der Waals surface area (Å²) in [6.07, 6.45) is -3.09. The number of nitrogens with one attached hydrogen (secondary N) is 1. The van der Waals surface area contributed by atoms with Crippen molar-refractivity contribution in [3.8, 4) is 11.8 Å². The van der Waals surface area contributed by atoms with Gasteiger partial charge in [0.25, 0.3) is 0 Å². The van der Waals surface area contributed by atoms with Crippen LogP contribution in [0.15, 0.2) is 24.3 Å². The number of aryl methyl sites for hydroxylation is 1. The van der Waals surface area contributed by atoms with Crippen molar-refractivity contribution in [3.63, 3.8) is 0 Å². The minimum Gasteiger partial charge on any atom is -0.380 e. The number of aliphatic hydroxyl groups excluding tert-OH is 1. The Morgan fingerprint density at radius 1 is 1.39 bits per heavy atom. The highest BCUT2D eigenvalue weighted by atomic mass is 19.4. The predicted octanol–water partition coefficient (Wildman–Crippen LogP) is 2.81. The first kappa shape index (κ1) is 19.0. The van der Waals surface area contributed by atoms with Crippen molar-refractivity contribution in [1.29, 1.82) is 0 Å². The number of amides is 1. The standard InChI is InChI=1S/C17H20F3NO2/c1-2-5-15(22)10-9-14-7-3-6-13(12-14)8-4-11-21-16(23)17(18,19)20/h3,6-7,12,15,22H,2,4-5,8,11H2,1H3,(H,21,23). The number of hydrogen-bond donors (Lipinski definition) is 2. The fourth-order valence-electron chi connectivity index (χ4n) is 1.91. The number of benzene rings is 1. The first-order valence-electron chi connectivity index (χ1n) is 7.46. The maximum Gasteiger partial charge on any atom is 0.471 e. The smallest absolute Gasteiger partial charge is 0.380 e. The maximum atomic E-state index is 12.0. The minimum atomic E-state index is -4.84. The van der Waals surface area contributed by atoms with Crippen molar-refractivity contribution in [1.82, 2.24) is 5.32 Å². The molecule has 1 aromatic rings. The summed E-state index contributed by atoms with van der Waals surface area (Å²) in [5.41, 5.74) is 1.67. The minimum absolute atomic E-state index is 0.0382. The van der Waals surface area contributed by atoms with Gasteiger partial charge in [-0.2, -0.15) is 13.2 Å². The molecule has 2 N–H and O–H groups in total. The molecule has 0 aliphatic rings. The lowest BCUT2D eigenvalue weighted by molar-refractivity contribution is -0.173. The molecule has 6 heteroatoms. The lowest BCUT2D eigenvalue weighted by Crippen LogP contribution is -2.37. The highest BCUT2D eigenvalue weighted by Crippen LogP contribution is 2.14. The first-order chi connectivity index (χ1) is 10.8. The third-order valence-corrected chi connectivity index (χ3v) is 3.06. The largest absolute Gasteiger partial charge is 0.471 e. The molecule has 1 atom stereocenters. The quantitative estimate of drug-likeness (QED) is 0.623. The van der Waals surface area contributed by atoms with E-state index in [1.807, 2.05) is 24.4 Å². The molecule has 0 spiro atoms. The normalized spacial score (nSPS) is 12.2. The van der Waals surface area contributed by atoms with E-state index in [-0.39, 0.29) is 6.54 Å². The van der Waals surface area contributed by atoms with Gasteiger partial charge in [-0.1, -0.05) is 37.3 Å². The SMILES string of the molecule is CCCC(O)C#Cc1cccc(CCCNC(=O)C(F)(F)F)c1. The van der Waals surface area contributed by atoms with Crippen LogP contribution in [0.5, 0.6) is 0 Å². The Bertz CT molecular complexity index is 573. The third kappa shape index (κ3) is 7.71. The Kier molecular flexibility index (Phi) is 7.63. The van der Waals surface area contributed by atoms with E-state index in [4.69, 9.17) is 0 Å². The summed E-state index contributed by atoms with van der Waals surface area (Å²) >= 11 is 0. The number of hydrogen-bond acceptors (Lipinski definition) is 2.